The first-order valence-corrected chi connectivity index (χ1v) is 23.8. The van der Waals surface area contributed by atoms with Gasteiger partial charge in [0.15, 0.2) is 0 Å². The molecule has 0 aliphatic heterocycles. The van der Waals surface area contributed by atoms with Crippen molar-refractivity contribution in [3.8, 4) is 0 Å². The van der Waals surface area contributed by atoms with E-state index < -0.39 is 40.8 Å². The van der Waals surface area contributed by atoms with Crippen LogP contribution in [-0.4, -0.2) is 57.0 Å². The van der Waals surface area contributed by atoms with Crippen molar-refractivity contribution >= 4 is 16.9 Å². The molecular weight excluding hydrogens is 711 g/mol. The second kappa shape index (κ2) is 24.9. The molecule has 0 aliphatic carbocycles. The molecule has 0 rings (SSSR count). The van der Waals surface area contributed by atoms with Gasteiger partial charge in [-0.3, -0.25) is 0 Å². The van der Waals surface area contributed by atoms with Gasteiger partial charge in [-0.2, -0.15) is 0 Å². The summed E-state index contributed by atoms with van der Waals surface area (Å²) in [5.74, 6) is 0. The molecule has 1 atom stereocenters. The van der Waals surface area contributed by atoms with Crippen molar-refractivity contribution in [2.75, 3.05) is 24.6 Å². The van der Waals surface area contributed by atoms with Crippen molar-refractivity contribution in [3.05, 3.63) is 0 Å². The molecule has 0 aromatic carbocycles. The van der Waals surface area contributed by atoms with Crippen LogP contribution in [0.15, 0.2) is 0 Å². The van der Waals surface area contributed by atoms with Gasteiger partial charge in [-0.25, -0.2) is 0 Å². The topological polar surface area (TPSA) is 52.6 Å². The van der Waals surface area contributed by atoms with E-state index in [0.29, 0.717) is 51.4 Å². The molecule has 14 heteroatoms. The third kappa shape index (κ3) is 18.2. The molecule has 4 nitrogen and oxygen atoms in total. The monoisotopic (exact) mass is 780 g/mol. The number of alkyl halides is 8. The summed E-state index contributed by atoms with van der Waals surface area (Å²) >= 11 is 0. The summed E-state index contributed by atoms with van der Waals surface area (Å²) in [6.07, 6.45) is 4.08. The van der Waals surface area contributed by atoms with E-state index in [4.69, 9.17) is 3.97 Å². The van der Waals surface area contributed by atoms with Gasteiger partial charge >= 0.3 is 286 Å². The third-order valence-corrected chi connectivity index (χ3v) is 18.9. The molecule has 0 aromatic rings. The molecule has 0 radical (unpaired) electrons. The Hall–Kier alpha value is -0.260. The van der Waals surface area contributed by atoms with Gasteiger partial charge in [0.05, 0.1) is 0 Å². The standard InChI is InChI=1S/C36H69F8O4PS/c1-5-9-13-17-18-19-20-21-22-23-24-28-32-49(29-25-14-10-6-2,30-26-15-11-7-3,31-27-16-12-8-4)48-50(45,46)34(38,39)33(37)47-36(43,44)35(40,41)42/h33H,5-32H2,1-4H3. The molecule has 304 valence electrons. The minimum absolute atomic E-state index is 0.188. The van der Waals surface area contributed by atoms with E-state index in [1.54, 1.807) is 0 Å². The average Bonchev–Trinajstić information content (AvgIpc) is 3.03. The maximum absolute atomic E-state index is 15.3. The first kappa shape index (κ1) is 49.7. The fraction of sp³-hybridized carbons (Fsp3) is 1.00. The number of hydrogen-bond acceptors (Lipinski definition) is 4. The normalized spacial score (nSPS) is 14.9. The third-order valence-electron chi connectivity index (χ3n) is 9.80. The predicted octanol–water partition coefficient (Wildman–Crippen LogP) is 14.3. The van der Waals surface area contributed by atoms with Crippen molar-refractivity contribution in [2.45, 2.75) is 206 Å². The predicted molar refractivity (Wildman–Crippen MR) is 192 cm³/mol. The molecule has 0 heterocycles. The van der Waals surface area contributed by atoms with Crippen LogP contribution in [0.25, 0.3) is 0 Å². The molecule has 1 unspecified atom stereocenters. The molecule has 0 N–H and O–H groups in total. The Bertz CT molecular complexity index is 932. The van der Waals surface area contributed by atoms with Crippen LogP contribution in [-0.2, 0) is 18.8 Å². The molecule has 0 aromatic heterocycles. The van der Waals surface area contributed by atoms with Gasteiger partial charge in [0.25, 0.3) is 0 Å². The van der Waals surface area contributed by atoms with Crippen LogP contribution in [0.2, 0.25) is 0 Å². The van der Waals surface area contributed by atoms with Crippen molar-refractivity contribution in [3.63, 3.8) is 0 Å². The summed E-state index contributed by atoms with van der Waals surface area (Å²) in [7, 11) is -6.36. The van der Waals surface area contributed by atoms with Gasteiger partial charge in [-0.1, -0.05) is 13.3 Å². The fourth-order valence-electron chi connectivity index (χ4n) is 6.69. The van der Waals surface area contributed by atoms with E-state index in [-0.39, 0.29) is 24.6 Å². The molecule has 0 aliphatic rings. The molecule has 0 amide bonds. The van der Waals surface area contributed by atoms with Gasteiger partial charge in [0.2, 0.25) is 0 Å². The first-order chi connectivity index (χ1) is 23.4. The number of rotatable bonds is 34. The van der Waals surface area contributed by atoms with Gasteiger partial charge in [-0.05, 0) is 0 Å². The maximum atomic E-state index is 15.3. The Morgan fingerprint density at radius 2 is 0.740 bits per heavy atom. The van der Waals surface area contributed by atoms with Crippen LogP contribution >= 0.6 is 6.83 Å². The van der Waals surface area contributed by atoms with Crippen molar-refractivity contribution in [2.24, 2.45) is 0 Å². The summed E-state index contributed by atoms with van der Waals surface area (Å²) in [5.41, 5.74) is 0. The van der Waals surface area contributed by atoms with Crippen LogP contribution in [0, 0.1) is 0 Å². The Morgan fingerprint density at radius 3 is 1.02 bits per heavy atom. The van der Waals surface area contributed by atoms with E-state index in [1.165, 1.54) is 38.5 Å². The fourth-order valence-corrected chi connectivity index (χ4v) is 16.2. The number of halogens is 8. The second-order valence-corrected chi connectivity index (χ2v) is 21.9. The van der Waals surface area contributed by atoms with Gasteiger partial charge < -0.3 is 0 Å². The Morgan fingerprint density at radius 1 is 0.480 bits per heavy atom. The number of hydrogen-bond donors (Lipinski definition) is 0. The SMILES string of the molecule is CCCCCCCCCCCCCCP(CCCCCC)(CCCCCC)(CCCCCC)OS(=O)(=O)C(F)(F)C(F)OC(F)(F)C(F)(F)F. The van der Waals surface area contributed by atoms with Crippen LogP contribution in [0.3, 0.4) is 0 Å². The quantitative estimate of drug-likeness (QED) is 0.0371. The van der Waals surface area contributed by atoms with Crippen molar-refractivity contribution < 1.29 is 52.2 Å². The van der Waals surface area contributed by atoms with Crippen molar-refractivity contribution in [1.29, 1.82) is 0 Å². The zero-order chi connectivity index (χ0) is 38.2. The van der Waals surface area contributed by atoms with Crippen LogP contribution in [0.5, 0.6) is 0 Å². The molecular formula is C36H69F8O4PS. The summed E-state index contributed by atoms with van der Waals surface area (Å²) in [6.45, 7) is 3.94. The Balaban J connectivity index is 6.43. The Labute approximate surface area is 299 Å². The first-order valence-electron chi connectivity index (χ1n) is 19.5. The molecule has 50 heavy (non-hydrogen) atoms. The van der Waals surface area contributed by atoms with Crippen LogP contribution < -0.4 is 0 Å². The van der Waals surface area contributed by atoms with E-state index >= 15 is 8.78 Å². The van der Waals surface area contributed by atoms with Crippen LogP contribution in [0.1, 0.15) is 182 Å². The summed E-state index contributed by atoms with van der Waals surface area (Å²) < 4.78 is 146. The van der Waals surface area contributed by atoms with Crippen molar-refractivity contribution in [1.82, 2.24) is 0 Å². The average molecular weight is 781 g/mol. The molecule has 0 bridgehead atoms. The number of ether oxygens (including phenoxy) is 1. The van der Waals surface area contributed by atoms with E-state index in [1.807, 2.05) is 20.8 Å². The summed E-state index contributed by atoms with van der Waals surface area (Å²) in [5, 5.41) is -5.81. The zero-order valence-corrected chi connectivity index (χ0v) is 33.1. The van der Waals surface area contributed by atoms with Gasteiger partial charge in [0, 0.05) is 0 Å². The zero-order valence-electron chi connectivity index (χ0n) is 31.4. The van der Waals surface area contributed by atoms with Crippen LogP contribution in [0.4, 0.5) is 35.1 Å². The molecule has 0 saturated carbocycles. The summed E-state index contributed by atoms with van der Waals surface area (Å²) in [4.78, 5) is 0. The molecule has 0 spiro atoms. The van der Waals surface area contributed by atoms with E-state index in [2.05, 4.69) is 11.7 Å². The van der Waals surface area contributed by atoms with E-state index in [0.717, 1.165) is 64.2 Å². The molecule has 0 fully saturated rings. The minimum atomic E-state index is -6.54. The van der Waals surface area contributed by atoms with Gasteiger partial charge in [0.1, 0.15) is 0 Å². The van der Waals surface area contributed by atoms with Gasteiger partial charge in [-0.15, -0.1) is 0 Å². The number of unbranched alkanes of at least 4 members (excludes halogenated alkanes) is 20. The molecule has 0 saturated heterocycles. The van der Waals surface area contributed by atoms with E-state index in [9.17, 15) is 34.8 Å². The summed E-state index contributed by atoms with van der Waals surface area (Å²) in [6, 6.07) is 0. The second-order valence-electron chi connectivity index (χ2n) is 14.4. The Kier molecular flexibility index (Phi) is 24.8.